The largest absolute Gasteiger partial charge is 0.737 e. The van der Waals surface area contributed by atoms with Gasteiger partial charge in [0, 0.05) is 34.2 Å². The summed E-state index contributed by atoms with van der Waals surface area (Å²) in [4.78, 5) is 4.10. The molecule has 2 aliphatic heterocycles. The Balaban J connectivity index is 2.25. The highest BCUT2D eigenvalue weighted by molar-refractivity contribution is 14.1. The van der Waals surface area contributed by atoms with Crippen LogP contribution in [0.15, 0.2) is 39.4 Å². The monoisotopic (exact) mass is 577 g/mol. The van der Waals surface area contributed by atoms with Crippen LogP contribution in [0.1, 0.15) is 36.4 Å². The van der Waals surface area contributed by atoms with Crippen molar-refractivity contribution in [1.82, 2.24) is 9.46 Å². The van der Waals surface area contributed by atoms with Gasteiger partial charge in [0.05, 0.1) is 9.15 Å². The minimum Gasteiger partial charge on any atom is -0.392 e. The van der Waals surface area contributed by atoms with E-state index in [1.807, 2.05) is 26.0 Å². The Kier molecular flexibility index (Phi) is 4.22. The van der Waals surface area contributed by atoms with Crippen molar-refractivity contribution in [3.63, 3.8) is 0 Å². The van der Waals surface area contributed by atoms with Gasteiger partial charge in [-0.2, -0.15) is 0 Å². The zero-order valence-corrected chi connectivity index (χ0v) is 19.1. The molecular formula is C18H16BF2I2N3. The second-order valence-corrected chi connectivity index (χ2v) is 8.84. The molecule has 0 atom stereocenters. The number of hydrogen-bond donors (Lipinski definition) is 0. The molecule has 2 aliphatic rings. The van der Waals surface area contributed by atoms with E-state index in [1.165, 1.54) is 8.96 Å². The van der Waals surface area contributed by atoms with Crippen LogP contribution in [0.25, 0.3) is 5.57 Å². The fourth-order valence-corrected chi connectivity index (χ4v) is 5.10. The van der Waals surface area contributed by atoms with E-state index in [9.17, 15) is 0 Å². The van der Waals surface area contributed by atoms with Crippen LogP contribution < -0.4 is 0 Å². The summed E-state index contributed by atoms with van der Waals surface area (Å²) in [5, 5.41) is 0. The van der Waals surface area contributed by atoms with E-state index in [1.54, 1.807) is 26.2 Å². The van der Waals surface area contributed by atoms with E-state index in [0.717, 1.165) is 29.4 Å². The number of rotatable bonds is 1. The molecule has 0 aromatic carbocycles. The third-order valence-electron chi connectivity index (χ3n) is 5.27. The summed E-state index contributed by atoms with van der Waals surface area (Å²) in [5.74, 6) is 0. The normalized spacial score (nSPS) is 18.6. The molecule has 0 spiro atoms. The Morgan fingerprint density at radius 3 is 2.31 bits per heavy atom. The van der Waals surface area contributed by atoms with Crippen molar-refractivity contribution >= 4 is 63.4 Å². The number of aromatic nitrogens is 2. The van der Waals surface area contributed by atoms with Gasteiger partial charge in [-0.15, -0.1) is 0 Å². The van der Waals surface area contributed by atoms with Crippen LogP contribution in [0.3, 0.4) is 0 Å². The minimum absolute atomic E-state index is 0.612. The zero-order valence-electron chi connectivity index (χ0n) is 14.7. The van der Waals surface area contributed by atoms with Crippen molar-refractivity contribution < 1.29 is 13.1 Å². The van der Waals surface area contributed by atoms with Gasteiger partial charge < -0.3 is 17.6 Å². The van der Waals surface area contributed by atoms with Gasteiger partial charge in [-0.1, -0.05) is 0 Å². The highest BCUT2D eigenvalue weighted by atomic mass is 127. The number of hydrogen-bond acceptors (Lipinski definition) is 1. The standard InChI is InChI=1S/C18H16BF2I2N3/c1-9-15(22)11(3)25-17(9)14(13-5-7-24-8-6-13)18-10(2)16(23)12(4)26(18)19(25,20)21/h5-8H,1-4H3. The average Bonchev–Trinajstić information content (AvgIpc) is 2.98. The first-order valence-electron chi connectivity index (χ1n) is 8.24. The molecule has 4 rings (SSSR count). The lowest BCUT2D eigenvalue weighted by Crippen LogP contribution is -2.51. The second kappa shape index (κ2) is 5.98. The Bertz CT molecular complexity index is 1070. The molecule has 2 aromatic rings. The Morgan fingerprint density at radius 2 is 1.69 bits per heavy atom. The molecule has 0 amide bonds. The van der Waals surface area contributed by atoms with E-state index < -0.39 is 6.97 Å². The molecule has 0 saturated carbocycles. The predicted molar refractivity (Wildman–Crippen MR) is 118 cm³/mol. The molecule has 8 heteroatoms. The van der Waals surface area contributed by atoms with E-state index in [4.69, 9.17) is 0 Å². The van der Waals surface area contributed by atoms with Gasteiger partial charge in [-0.05, 0) is 94.9 Å². The third-order valence-corrected chi connectivity index (χ3v) is 8.45. The summed E-state index contributed by atoms with van der Waals surface area (Å²) in [6.07, 6.45) is 3.42. The molecule has 3 nitrogen and oxygen atoms in total. The Hall–Kier alpha value is -1.04. The molecule has 0 fully saturated rings. The Labute approximate surface area is 178 Å². The van der Waals surface area contributed by atoms with Crippen LogP contribution in [0.2, 0.25) is 0 Å². The minimum atomic E-state index is -3.95. The van der Waals surface area contributed by atoms with Gasteiger partial charge in [-0.25, -0.2) is 0 Å². The summed E-state index contributed by atoms with van der Waals surface area (Å²) >= 11 is 4.35. The molecule has 134 valence electrons. The summed E-state index contributed by atoms with van der Waals surface area (Å²) in [6, 6.07) is 3.79. The second-order valence-electron chi connectivity index (χ2n) is 6.69. The molecule has 0 N–H and O–H groups in total. The first-order chi connectivity index (χ1) is 12.2. The third kappa shape index (κ3) is 2.20. The lowest BCUT2D eigenvalue weighted by atomic mass is 9.84. The molecule has 0 saturated heterocycles. The number of pyridine rings is 1. The van der Waals surface area contributed by atoms with Gasteiger partial charge in [0.25, 0.3) is 0 Å². The summed E-state index contributed by atoms with van der Waals surface area (Å²) in [6.45, 7) is 3.46. The smallest absolute Gasteiger partial charge is 0.392 e. The number of nitrogens with zero attached hydrogens (tertiary/aromatic N) is 3. The molecule has 4 heterocycles. The fourth-order valence-electron chi connectivity index (χ4n) is 4.07. The maximum Gasteiger partial charge on any atom is 0.737 e. The predicted octanol–water partition coefficient (Wildman–Crippen LogP) is 5.30. The van der Waals surface area contributed by atoms with E-state index in [0.29, 0.717) is 22.8 Å². The maximum atomic E-state index is 15.7. The van der Waals surface area contributed by atoms with Crippen molar-refractivity contribution in [2.75, 3.05) is 0 Å². The molecule has 0 bridgehead atoms. The molecule has 0 aliphatic carbocycles. The Morgan fingerprint density at radius 1 is 1.08 bits per heavy atom. The fraction of sp³-hybridized carbons (Fsp3) is 0.222. The van der Waals surface area contributed by atoms with E-state index >= 15 is 8.63 Å². The van der Waals surface area contributed by atoms with Gasteiger partial charge in [-0.3, -0.25) is 4.98 Å². The summed E-state index contributed by atoms with van der Waals surface area (Å²) in [7, 11) is 0. The zero-order chi connectivity index (χ0) is 19.0. The van der Waals surface area contributed by atoms with E-state index in [-0.39, 0.29) is 0 Å². The first-order valence-corrected chi connectivity index (χ1v) is 10.4. The van der Waals surface area contributed by atoms with Crippen molar-refractivity contribution in [1.29, 1.82) is 0 Å². The van der Waals surface area contributed by atoms with Crippen LogP contribution in [0.4, 0.5) is 8.63 Å². The number of halogens is 4. The van der Waals surface area contributed by atoms with Crippen LogP contribution in [-0.2, 0) is 0 Å². The lowest BCUT2D eigenvalue weighted by molar-refractivity contribution is -0.363. The van der Waals surface area contributed by atoms with Crippen LogP contribution in [0, 0.1) is 17.4 Å². The average molecular weight is 577 g/mol. The lowest BCUT2D eigenvalue weighted by Gasteiger charge is -2.33. The van der Waals surface area contributed by atoms with E-state index in [2.05, 4.69) is 50.2 Å². The highest BCUT2D eigenvalue weighted by Gasteiger charge is 2.56. The van der Waals surface area contributed by atoms with Gasteiger partial charge >= 0.3 is 6.97 Å². The SMILES string of the molecule is CC1=C(I)C(C)=[N+]2C1=C(c1ccncc1)c1c(C)c(I)c(C)n1[B-]2(F)F. The van der Waals surface area contributed by atoms with Crippen LogP contribution >= 0.6 is 45.2 Å². The number of fused-ring (bicyclic) bond motifs is 2. The van der Waals surface area contributed by atoms with Gasteiger partial charge in [0.2, 0.25) is 0 Å². The van der Waals surface area contributed by atoms with Gasteiger partial charge in [0.1, 0.15) is 5.71 Å². The summed E-state index contributed by atoms with van der Waals surface area (Å²) in [5.41, 5.74) is 6.02. The van der Waals surface area contributed by atoms with Crippen molar-refractivity contribution in [2.24, 2.45) is 0 Å². The molecule has 0 unspecified atom stereocenters. The highest BCUT2D eigenvalue weighted by Crippen LogP contribution is 2.47. The quantitative estimate of drug-likeness (QED) is 0.334. The van der Waals surface area contributed by atoms with Crippen molar-refractivity contribution in [3.8, 4) is 0 Å². The van der Waals surface area contributed by atoms with Crippen molar-refractivity contribution in [3.05, 3.63) is 65.5 Å². The van der Waals surface area contributed by atoms with Crippen LogP contribution in [0.5, 0.6) is 0 Å². The first kappa shape index (κ1) is 18.3. The van der Waals surface area contributed by atoms with Crippen molar-refractivity contribution in [2.45, 2.75) is 27.7 Å². The summed E-state index contributed by atoms with van der Waals surface area (Å²) < 4.78 is 35.8. The number of allylic oxidation sites excluding steroid dienone is 2. The van der Waals surface area contributed by atoms with Crippen LogP contribution in [-0.4, -0.2) is 26.6 Å². The topological polar surface area (TPSA) is 20.8 Å². The molecule has 0 radical (unpaired) electrons. The molecular weight excluding hydrogens is 561 g/mol. The van der Waals surface area contributed by atoms with Gasteiger partial charge in [0.15, 0.2) is 5.70 Å². The molecule has 2 aromatic heterocycles. The maximum absolute atomic E-state index is 15.7. The molecule has 26 heavy (non-hydrogen) atoms.